The highest BCUT2D eigenvalue weighted by atomic mass is 16.2. The molecule has 1 fully saturated rings. The van der Waals surface area contributed by atoms with Crippen LogP contribution in [0.2, 0.25) is 0 Å². The second-order valence-corrected chi connectivity index (χ2v) is 6.93. The minimum atomic E-state index is 0.00370. The van der Waals surface area contributed by atoms with E-state index in [1.165, 1.54) is 4.63 Å². The third-order valence-corrected chi connectivity index (χ3v) is 5.24. The summed E-state index contributed by atoms with van der Waals surface area (Å²) in [6.07, 6.45) is 4.96. The van der Waals surface area contributed by atoms with Crippen molar-refractivity contribution < 1.29 is 4.79 Å². The predicted molar refractivity (Wildman–Crippen MR) is 103 cm³/mol. The van der Waals surface area contributed by atoms with Crippen LogP contribution in [0.4, 0.5) is 0 Å². The molecule has 1 aliphatic rings. The van der Waals surface area contributed by atoms with Gasteiger partial charge in [-0.15, -0.1) is 0 Å². The zero-order chi connectivity index (χ0) is 18.9. The molecule has 8 nitrogen and oxygen atoms in total. The summed E-state index contributed by atoms with van der Waals surface area (Å²) in [6.45, 7) is 1.37. The molecule has 0 aliphatic carbocycles. The molecule has 0 radical (unpaired) electrons. The van der Waals surface area contributed by atoms with Gasteiger partial charge in [0.15, 0.2) is 5.82 Å². The summed E-state index contributed by atoms with van der Waals surface area (Å²) in [5.74, 6) is 1.89. The van der Waals surface area contributed by atoms with Crippen LogP contribution in [0.1, 0.15) is 34.9 Å². The van der Waals surface area contributed by atoms with Crippen molar-refractivity contribution in [3.05, 3.63) is 66.2 Å². The molecule has 4 heterocycles. The standard InChI is InChI=1S/C20H19N7O/c28-20(16-13-22-27-17(16)7-4-10-21-27)26-11-8-15(9-12-26)19-23-18(24-25-19)14-5-2-1-3-6-14/h1-7,10,13,15H,8-9,11-12H2,(H,23,24,25). The lowest BCUT2D eigenvalue weighted by Crippen LogP contribution is -2.38. The molecular formula is C20H19N7O. The van der Waals surface area contributed by atoms with Crippen molar-refractivity contribution in [2.45, 2.75) is 18.8 Å². The Balaban J connectivity index is 1.28. The Hall–Kier alpha value is -3.55. The molecule has 0 atom stereocenters. The van der Waals surface area contributed by atoms with Crippen molar-refractivity contribution in [3.63, 3.8) is 0 Å². The van der Waals surface area contributed by atoms with E-state index in [0.29, 0.717) is 24.5 Å². The SMILES string of the molecule is O=C(c1cnn2ncccc12)N1CCC(c2nc(-c3ccccc3)n[nH]2)CC1. The van der Waals surface area contributed by atoms with Gasteiger partial charge in [0.05, 0.1) is 11.8 Å². The van der Waals surface area contributed by atoms with Gasteiger partial charge < -0.3 is 4.90 Å². The number of piperidine rings is 1. The van der Waals surface area contributed by atoms with Crippen LogP contribution in [-0.4, -0.2) is 53.9 Å². The molecular weight excluding hydrogens is 354 g/mol. The lowest BCUT2D eigenvalue weighted by molar-refractivity contribution is 0.0713. The van der Waals surface area contributed by atoms with E-state index in [1.807, 2.05) is 47.4 Å². The lowest BCUT2D eigenvalue weighted by Gasteiger charge is -2.30. The van der Waals surface area contributed by atoms with Crippen molar-refractivity contribution in [3.8, 4) is 11.4 Å². The van der Waals surface area contributed by atoms with E-state index in [9.17, 15) is 4.79 Å². The van der Waals surface area contributed by atoms with Gasteiger partial charge >= 0.3 is 0 Å². The number of carbonyl (C=O) groups is 1. The summed E-state index contributed by atoms with van der Waals surface area (Å²) in [7, 11) is 0. The average Bonchev–Trinajstić information content (AvgIpc) is 3.42. The van der Waals surface area contributed by atoms with E-state index in [4.69, 9.17) is 0 Å². The molecule has 1 aromatic carbocycles. The van der Waals surface area contributed by atoms with Crippen LogP contribution in [0.5, 0.6) is 0 Å². The lowest BCUT2D eigenvalue weighted by atomic mass is 9.95. The molecule has 28 heavy (non-hydrogen) atoms. The van der Waals surface area contributed by atoms with Crippen molar-refractivity contribution in [2.24, 2.45) is 0 Å². The number of carbonyl (C=O) groups excluding carboxylic acids is 1. The number of likely N-dealkylation sites (tertiary alicyclic amines) is 1. The molecule has 1 amide bonds. The van der Waals surface area contributed by atoms with Crippen LogP contribution >= 0.6 is 0 Å². The molecule has 0 spiro atoms. The molecule has 140 valence electrons. The maximum Gasteiger partial charge on any atom is 0.257 e. The first-order valence-electron chi connectivity index (χ1n) is 9.35. The molecule has 4 aromatic rings. The summed E-state index contributed by atoms with van der Waals surface area (Å²) >= 11 is 0. The minimum Gasteiger partial charge on any atom is -0.338 e. The zero-order valence-electron chi connectivity index (χ0n) is 15.2. The Morgan fingerprint density at radius 1 is 1.04 bits per heavy atom. The molecule has 0 bridgehead atoms. The fourth-order valence-corrected chi connectivity index (χ4v) is 3.70. The second kappa shape index (κ2) is 6.88. The number of nitrogens with zero attached hydrogens (tertiary/aromatic N) is 6. The zero-order valence-corrected chi connectivity index (χ0v) is 15.2. The van der Waals surface area contributed by atoms with E-state index in [1.54, 1.807) is 12.4 Å². The third kappa shape index (κ3) is 2.92. The highest BCUT2D eigenvalue weighted by Crippen LogP contribution is 2.28. The second-order valence-electron chi connectivity index (χ2n) is 6.93. The molecule has 1 saturated heterocycles. The number of rotatable bonds is 3. The number of hydrogen-bond donors (Lipinski definition) is 1. The Kier molecular flexibility index (Phi) is 4.08. The van der Waals surface area contributed by atoms with Gasteiger partial charge in [0.2, 0.25) is 0 Å². The third-order valence-electron chi connectivity index (χ3n) is 5.24. The number of nitrogens with one attached hydrogen (secondary N) is 1. The average molecular weight is 373 g/mol. The Bertz CT molecular complexity index is 1110. The molecule has 8 heteroatoms. The first kappa shape index (κ1) is 16.6. The monoisotopic (exact) mass is 373 g/mol. The van der Waals surface area contributed by atoms with Gasteiger partial charge in [-0.2, -0.15) is 19.9 Å². The van der Waals surface area contributed by atoms with Crippen molar-refractivity contribution in [1.82, 2.24) is 34.9 Å². The van der Waals surface area contributed by atoms with Gasteiger partial charge in [-0.1, -0.05) is 30.3 Å². The summed E-state index contributed by atoms with van der Waals surface area (Å²) in [5.41, 5.74) is 2.33. The molecule has 3 aromatic heterocycles. The van der Waals surface area contributed by atoms with Gasteiger partial charge in [0.25, 0.3) is 5.91 Å². The summed E-state index contributed by atoms with van der Waals surface area (Å²) in [4.78, 5) is 19.5. The van der Waals surface area contributed by atoms with Crippen molar-refractivity contribution >= 4 is 11.4 Å². The maximum atomic E-state index is 12.9. The first-order valence-corrected chi connectivity index (χ1v) is 9.35. The molecule has 1 N–H and O–H groups in total. The van der Waals surface area contributed by atoms with Crippen LogP contribution in [0, 0.1) is 0 Å². The van der Waals surface area contributed by atoms with Gasteiger partial charge in [-0.3, -0.25) is 9.89 Å². The number of hydrogen-bond acceptors (Lipinski definition) is 5. The normalized spacial score (nSPS) is 15.2. The number of aromatic amines is 1. The van der Waals surface area contributed by atoms with E-state index in [2.05, 4.69) is 25.4 Å². The summed E-state index contributed by atoms with van der Waals surface area (Å²) in [5, 5.41) is 15.7. The Labute approximate surface area is 161 Å². The van der Waals surface area contributed by atoms with E-state index >= 15 is 0 Å². The number of H-pyrrole nitrogens is 1. The minimum absolute atomic E-state index is 0.00370. The smallest absolute Gasteiger partial charge is 0.257 e. The molecule has 0 saturated carbocycles. The molecule has 1 aliphatic heterocycles. The Morgan fingerprint density at radius 2 is 1.86 bits per heavy atom. The number of fused-ring (bicyclic) bond motifs is 1. The highest BCUT2D eigenvalue weighted by molar-refractivity contribution is 6.00. The largest absolute Gasteiger partial charge is 0.338 e. The topological polar surface area (TPSA) is 92.1 Å². The quantitative estimate of drug-likeness (QED) is 0.596. The van der Waals surface area contributed by atoms with Gasteiger partial charge in [-0.05, 0) is 25.0 Å². The number of aromatic nitrogens is 6. The fourth-order valence-electron chi connectivity index (χ4n) is 3.70. The highest BCUT2D eigenvalue weighted by Gasteiger charge is 2.28. The molecule has 5 rings (SSSR count). The van der Waals surface area contributed by atoms with Crippen LogP contribution in [0.3, 0.4) is 0 Å². The van der Waals surface area contributed by atoms with Crippen LogP contribution in [0.25, 0.3) is 16.9 Å². The Morgan fingerprint density at radius 3 is 2.68 bits per heavy atom. The van der Waals surface area contributed by atoms with E-state index in [-0.39, 0.29) is 11.8 Å². The predicted octanol–water partition coefficient (Wildman–Crippen LogP) is 2.53. The van der Waals surface area contributed by atoms with E-state index in [0.717, 1.165) is 29.7 Å². The fraction of sp³-hybridized carbons (Fsp3) is 0.250. The van der Waals surface area contributed by atoms with Gasteiger partial charge in [0, 0.05) is 30.8 Å². The number of benzene rings is 1. The van der Waals surface area contributed by atoms with Gasteiger partial charge in [0.1, 0.15) is 11.3 Å². The van der Waals surface area contributed by atoms with Crippen LogP contribution < -0.4 is 0 Å². The first-order chi connectivity index (χ1) is 13.8. The van der Waals surface area contributed by atoms with E-state index < -0.39 is 0 Å². The number of amides is 1. The van der Waals surface area contributed by atoms with Crippen molar-refractivity contribution in [2.75, 3.05) is 13.1 Å². The maximum absolute atomic E-state index is 12.9. The summed E-state index contributed by atoms with van der Waals surface area (Å²) in [6, 6.07) is 13.6. The summed E-state index contributed by atoms with van der Waals surface area (Å²) < 4.78 is 1.49. The van der Waals surface area contributed by atoms with Gasteiger partial charge in [-0.25, -0.2) is 4.98 Å². The molecule has 0 unspecified atom stereocenters. The van der Waals surface area contributed by atoms with Crippen LogP contribution in [-0.2, 0) is 0 Å². The van der Waals surface area contributed by atoms with Crippen LogP contribution in [0.15, 0.2) is 54.9 Å². The van der Waals surface area contributed by atoms with Crippen molar-refractivity contribution in [1.29, 1.82) is 0 Å².